The van der Waals surface area contributed by atoms with Crippen LogP contribution in [0.15, 0.2) is 42.7 Å². The molecular weight excluding hydrogens is 174 g/mol. The molecule has 0 bridgehead atoms. The lowest BCUT2D eigenvalue weighted by Crippen LogP contribution is -1.91. The summed E-state index contributed by atoms with van der Waals surface area (Å²) >= 11 is 0. The predicted molar refractivity (Wildman–Crippen MR) is 57.1 cm³/mol. The van der Waals surface area contributed by atoms with E-state index in [1.54, 1.807) is 0 Å². The fourth-order valence-corrected chi connectivity index (χ4v) is 1.70. The fraction of sp³-hybridized carbons (Fsp3) is 0. The number of hydrogen-bond donors (Lipinski definition) is 1. The molecule has 0 unspecified atom stereocenters. The number of anilines is 1. The van der Waals surface area contributed by atoms with Crippen LogP contribution in [0, 0.1) is 0 Å². The van der Waals surface area contributed by atoms with E-state index in [1.807, 2.05) is 42.7 Å². The van der Waals surface area contributed by atoms with Gasteiger partial charge in [0.1, 0.15) is 0 Å². The summed E-state index contributed by atoms with van der Waals surface area (Å²) in [6, 6.07) is 9.80. The molecule has 0 atom stereocenters. The summed E-state index contributed by atoms with van der Waals surface area (Å²) < 4.78 is 2.10. The SMILES string of the molecule is Nc1ccc2c(c1)ncc1cccn12. The fourth-order valence-electron chi connectivity index (χ4n) is 1.70. The zero-order valence-corrected chi connectivity index (χ0v) is 7.51. The van der Waals surface area contributed by atoms with E-state index < -0.39 is 0 Å². The third-order valence-electron chi connectivity index (χ3n) is 2.38. The Labute approximate surface area is 80.8 Å². The molecule has 14 heavy (non-hydrogen) atoms. The summed E-state index contributed by atoms with van der Waals surface area (Å²) in [7, 11) is 0. The van der Waals surface area contributed by atoms with Gasteiger partial charge in [-0.3, -0.25) is 4.98 Å². The molecule has 0 spiro atoms. The highest BCUT2D eigenvalue weighted by Crippen LogP contribution is 2.17. The summed E-state index contributed by atoms with van der Waals surface area (Å²) in [5.41, 5.74) is 9.55. The molecule has 0 radical (unpaired) electrons. The van der Waals surface area contributed by atoms with E-state index >= 15 is 0 Å². The van der Waals surface area contributed by atoms with Crippen LogP contribution in [0.2, 0.25) is 0 Å². The number of fused-ring (bicyclic) bond motifs is 3. The van der Waals surface area contributed by atoms with Crippen LogP contribution in [-0.2, 0) is 0 Å². The molecule has 3 nitrogen and oxygen atoms in total. The Morgan fingerprint density at radius 1 is 1.21 bits per heavy atom. The molecule has 3 heteroatoms. The Balaban J connectivity index is 2.57. The second-order valence-corrected chi connectivity index (χ2v) is 3.31. The largest absolute Gasteiger partial charge is 0.399 e. The number of benzene rings is 1. The quantitative estimate of drug-likeness (QED) is 0.542. The topological polar surface area (TPSA) is 43.3 Å². The summed E-state index contributed by atoms with van der Waals surface area (Å²) in [5, 5.41) is 0. The van der Waals surface area contributed by atoms with Gasteiger partial charge in [0.05, 0.1) is 22.7 Å². The first-order valence-electron chi connectivity index (χ1n) is 4.46. The first kappa shape index (κ1) is 7.38. The number of rotatable bonds is 0. The van der Waals surface area contributed by atoms with Crippen molar-refractivity contribution in [2.45, 2.75) is 0 Å². The van der Waals surface area contributed by atoms with Crippen LogP contribution >= 0.6 is 0 Å². The Kier molecular flexibility index (Phi) is 1.31. The van der Waals surface area contributed by atoms with Crippen molar-refractivity contribution in [3.05, 3.63) is 42.7 Å². The molecule has 0 aliphatic heterocycles. The molecule has 0 amide bonds. The van der Waals surface area contributed by atoms with Crippen LogP contribution in [0.1, 0.15) is 0 Å². The molecule has 2 N–H and O–H groups in total. The van der Waals surface area contributed by atoms with Gasteiger partial charge in [0, 0.05) is 11.9 Å². The predicted octanol–water partition coefficient (Wildman–Crippen LogP) is 2.07. The molecule has 0 saturated heterocycles. The van der Waals surface area contributed by atoms with Crippen molar-refractivity contribution in [2.75, 3.05) is 5.73 Å². The third-order valence-corrected chi connectivity index (χ3v) is 2.38. The van der Waals surface area contributed by atoms with Crippen LogP contribution in [0.25, 0.3) is 16.6 Å². The van der Waals surface area contributed by atoms with Gasteiger partial charge in [-0.25, -0.2) is 0 Å². The minimum Gasteiger partial charge on any atom is -0.399 e. The second-order valence-electron chi connectivity index (χ2n) is 3.31. The number of aromatic nitrogens is 2. The Hall–Kier alpha value is -2.03. The molecule has 3 rings (SSSR count). The van der Waals surface area contributed by atoms with Crippen molar-refractivity contribution in [1.82, 2.24) is 9.38 Å². The molecule has 2 aromatic heterocycles. The summed E-state index contributed by atoms with van der Waals surface area (Å²) in [5.74, 6) is 0. The Bertz CT molecular complexity index is 610. The van der Waals surface area contributed by atoms with Crippen LogP contribution in [0.3, 0.4) is 0 Å². The van der Waals surface area contributed by atoms with Crippen LogP contribution in [0.5, 0.6) is 0 Å². The van der Waals surface area contributed by atoms with Crippen molar-refractivity contribution < 1.29 is 0 Å². The van der Waals surface area contributed by atoms with Crippen molar-refractivity contribution in [3.63, 3.8) is 0 Å². The number of nitrogen functional groups attached to an aromatic ring is 1. The molecule has 0 fully saturated rings. The lowest BCUT2D eigenvalue weighted by atomic mass is 10.2. The lowest BCUT2D eigenvalue weighted by Gasteiger charge is -2.02. The van der Waals surface area contributed by atoms with Gasteiger partial charge in [0.15, 0.2) is 0 Å². The molecule has 2 heterocycles. The maximum absolute atomic E-state index is 5.69. The Morgan fingerprint density at radius 2 is 2.14 bits per heavy atom. The van der Waals surface area contributed by atoms with Crippen molar-refractivity contribution in [2.24, 2.45) is 0 Å². The minimum absolute atomic E-state index is 0.747. The highest BCUT2D eigenvalue weighted by atomic mass is 14.9. The number of hydrogen-bond acceptors (Lipinski definition) is 2. The summed E-state index contributed by atoms with van der Waals surface area (Å²) in [6.07, 6.45) is 3.87. The highest BCUT2D eigenvalue weighted by molar-refractivity contribution is 5.81. The van der Waals surface area contributed by atoms with Crippen molar-refractivity contribution >= 4 is 22.2 Å². The van der Waals surface area contributed by atoms with Gasteiger partial charge in [0.25, 0.3) is 0 Å². The molecular formula is C11H9N3. The van der Waals surface area contributed by atoms with Gasteiger partial charge < -0.3 is 10.1 Å². The summed E-state index contributed by atoms with van der Waals surface area (Å²) in [6.45, 7) is 0. The zero-order chi connectivity index (χ0) is 9.54. The first-order chi connectivity index (χ1) is 6.84. The van der Waals surface area contributed by atoms with E-state index in [-0.39, 0.29) is 0 Å². The molecule has 0 aliphatic carbocycles. The van der Waals surface area contributed by atoms with E-state index in [9.17, 15) is 0 Å². The monoisotopic (exact) mass is 183 g/mol. The first-order valence-corrected chi connectivity index (χ1v) is 4.46. The van der Waals surface area contributed by atoms with E-state index in [0.29, 0.717) is 0 Å². The Morgan fingerprint density at radius 3 is 3.07 bits per heavy atom. The standard InChI is InChI=1S/C11H9N3/c12-8-3-4-11-10(6-8)13-7-9-2-1-5-14(9)11/h1-7H,12H2. The molecule has 0 aliphatic rings. The van der Waals surface area contributed by atoms with Gasteiger partial charge in [-0.05, 0) is 30.3 Å². The minimum atomic E-state index is 0.747. The number of nitrogens with two attached hydrogens (primary N) is 1. The van der Waals surface area contributed by atoms with E-state index in [2.05, 4.69) is 9.38 Å². The van der Waals surface area contributed by atoms with Gasteiger partial charge in [0.2, 0.25) is 0 Å². The zero-order valence-electron chi connectivity index (χ0n) is 7.51. The average Bonchev–Trinajstić information content (AvgIpc) is 2.65. The van der Waals surface area contributed by atoms with Crippen molar-refractivity contribution in [1.29, 1.82) is 0 Å². The van der Waals surface area contributed by atoms with Crippen LogP contribution in [-0.4, -0.2) is 9.38 Å². The maximum Gasteiger partial charge on any atom is 0.0891 e. The van der Waals surface area contributed by atoms with E-state index in [4.69, 9.17) is 5.73 Å². The lowest BCUT2D eigenvalue weighted by molar-refractivity contribution is 1.23. The van der Waals surface area contributed by atoms with E-state index in [1.165, 1.54) is 0 Å². The molecule has 3 aromatic rings. The average molecular weight is 183 g/mol. The van der Waals surface area contributed by atoms with E-state index in [0.717, 1.165) is 22.2 Å². The van der Waals surface area contributed by atoms with Gasteiger partial charge in [-0.15, -0.1) is 0 Å². The normalized spacial score (nSPS) is 11.1. The molecule has 1 aromatic carbocycles. The van der Waals surface area contributed by atoms with Gasteiger partial charge >= 0.3 is 0 Å². The van der Waals surface area contributed by atoms with Crippen molar-refractivity contribution in [3.8, 4) is 0 Å². The number of nitrogens with zero attached hydrogens (tertiary/aromatic N) is 2. The molecule has 68 valence electrons. The maximum atomic E-state index is 5.69. The van der Waals surface area contributed by atoms with Gasteiger partial charge in [-0.2, -0.15) is 0 Å². The highest BCUT2D eigenvalue weighted by Gasteiger charge is 1.99. The summed E-state index contributed by atoms with van der Waals surface area (Å²) in [4.78, 5) is 4.34. The smallest absolute Gasteiger partial charge is 0.0891 e. The molecule has 0 saturated carbocycles. The van der Waals surface area contributed by atoms with Gasteiger partial charge in [-0.1, -0.05) is 0 Å². The third kappa shape index (κ3) is 0.893. The second kappa shape index (κ2) is 2.48. The van der Waals surface area contributed by atoms with Crippen LogP contribution in [0.4, 0.5) is 5.69 Å². The van der Waals surface area contributed by atoms with Crippen LogP contribution < -0.4 is 5.73 Å².